The van der Waals surface area contributed by atoms with E-state index in [1.54, 1.807) is 14.1 Å². The number of nitrogens with one attached hydrogen (secondary N) is 2. The zero-order chi connectivity index (χ0) is 16.3. The molecule has 2 rings (SSSR count). The van der Waals surface area contributed by atoms with Gasteiger partial charge in [0.2, 0.25) is 5.91 Å². The Bertz CT molecular complexity index is 705. The van der Waals surface area contributed by atoms with E-state index in [-0.39, 0.29) is 18.5 Å². The van der Waals surface area contributed by atoms with Crippen LogP contribution in [-0.4, -0.2) is 47.0 Å². The van der Waals surface area contributed by atoms with E-state index >= 15 is 0 Å². The van der Waals surface area contributed by atoms with Crippen LogP contribution < -0.4 is 10.6 Å². The second kappa shape index (κ2) is 6.46. The fourth-order valence-electron chi connectivity index (χ4n) is 2.05. The van der Waals surface area contributed by atoms with Crippen LogP contribution in [0.15, 0.2) is 18.2 Å². The van der Waals surface area contributed by atoms with Gasteiger partial charge >= 0.3 is 6.03 Å². The van der Waals surface area contributed by atoms with Crippen molar-refractivity contribution < 1.29 is 9.59 Å². The molecule has 0 unspecified atom stereocenters. The normalized spacial score (nSPS) is 10.5. The maximum atomic E-state index is 11.7. The summed E-state index contributed by atoms with van der Waals surface area (Å²) in [6.45, 7) is 2.32. The summed E-state index contributed by atoms with van der Waals surface area (Å²) >= 11 is 0. The summed E-state index contributed by atoms with van der Waals surface area (Å²) in [6.07, 6.45) is 0. The number of nitrogens with zero attached hydrogens (tertiary/aromatic N) is 3. The average Bonchev–Trinajstić information content (AvgIpc) is 2.77. The van der Waals surface area contributed by atoms with Crippen molar-refractivity contribution in [2.45, 2.75) is 13.5 Å². The Morgan fingerprint density at radius 1 is 1.27 bits per heavy atom. The van der Waals surface area contributed by atoms with Gasteiger partial charge in [-0.3, -0.25) is 4.79 Å². The van der Waals surface area contributed by atoms with Crippen molar-refractivity contribution in [1.29, 1.82) is 0 Å². The van der Waals surface area contributed by atoms with Crippen LogP contribution in [0, 0.1) is 6.92 Å². The van der Waals surface area contributed by atoms with E-state index in [0.29, 0.717) is 6.54 Å². The monoisotopic (exact) mass is 303 g/mol. The Hall–Kier alpha value is -2.57. The third kappa shape index (κ3) is 3.55. The molecule has 118 valence electrons. The van der Waals surface area contributed by atoms with E-state index in [9.17, 15) is 9.59 Å². The second-order valence-electron chi connectivity index (χ2n) is 5.37. The summed E-state index contributed by atoms with van der Waals surface area (Å²) in [6, 6.07) is 5.62. The van der Waals surface area contributed by atoms with Crippen molar-refractivity contribution in [2.75, 3.05) is 20.6 Å². The van der Waals surface area contributed by atoms with Crippen molar-refractivity contribution in [1.82, 2.24) is 25.1 Å². The van der Waals surface area contributed by atoms with Crippen molar-refractivity contribution in [3.8, 4) is 0 Å². The number of hydrogen-bond donors (Lipinski definition) is 2. The lowest BCUT2D eigenvalue weighted by atomic mass is 10.2. The Labute approximate surface area is 129 Å². The largest absolute Gasteiger partial charge is 0.350 e. The molecule has 0 radical (unpaired) electrons. The fraction of sp³-hybridized carbons (Fsp3) is 0.400. The molecule has 2 N–H and O–H groups in total. The van der Waals surface area contributed by atoms with Gasteiger partial charge in [-0.15, -0.1) is 0 Å². The number of fused-ring (bicyclic) bond motifs is 1. The first kappa shape index (κ1) is 15.8. The molecule has 7 heteroatoms. The summed E-state index contributed by atoms with van der Waals surface area (Å²) in [7, 11) is 5.22. The Morgan fingerprint density at radius 3 is 2.68 bits per heavy atom. The number of benzene rings is 1. The van der Waals surface area contributed by atoms with Gasteiger partial charge < -0.3 is 20.1 Å². The molecule has 3 amide bonds. The van der Waals surface area contributed by atoms with Crippen LogP contribution in [0.5, 0.6) is 0 Å². The molecule has 1 aromatic carbocycles. The highest BCUT2D eigenvalue weighted by Gasteiger charge is 2.08. The molecule has 0 saturated carbocycles. The molecule has 0 spiro atoms. The van der Waals surface area contributed by atoms with E-state index < -0.39 is 0 Å². The van der Waals surface area contributed by atoms with Gasteiger partial charge in [0.1, 0.15) is 5.82 Å². The highest BCUT2D eigenvalue weighted by molar-refractivity contribution is 5.84. The van der Waals surface area contributed by atoms with Gasteiger partial charge in [0.25, 0.3) is 0 Å². The van der Waals surface area contributed by atoms with E-state index in [1.165, 1.54) is 4.90 Å². The Kier molecular flexibility index (Phi) is 4.65. The minimum absolute atomic E-state index is 0.0397. The summed E-state index contributed by atoms with van der Waals surface area (Å²) in [5.41, 5.74) is 2.94. The van der Waals surface area contributed by atoms with Crippen LogP contribution >= 0.6 is 0 Å². The Balaban J connectivity index is 1.91. The number of aromatic nitrogens is 2. The molecule has 22 heavy (non-hydrogen) atoms. The number of imidazole rings is 1. The lowest BCUT2D eigenvalue weighted by Crippen LogP contribution is -2.41. The molecule has 0 fully saturated rings. The highest BCUT2D eigenvalue weighted by atomic mass is 16.2. The van der Waals surface area contributed by atoms with Crippen molar-refractivity contribution in [3.05, 3.63) is 29.6 Å². The molecule has 2 aromatic rings. The lowest BCUT2D eigenvalue weighted by Gasteiger charge is -2.12. The first-order valence-electron chi connectivity index (χ1n) is 7.02. The smallest absolute Gasteiger partial charge is 0.317 e. The molecule has 0 aliphatic carbocycles. The summed E-state index contributed by atoms with van der Waals surface area (Å²) in [5.74, 6) is 0.718. The molecule has 0 bridgehead atoms. The first-order valence-corrected chi connectivity index (χ1v) is 7.02. The van der Waals surface area contributed by atoms with Gasteiger partial charge in [-0.1, -0.05) is 6.07 Å². The standard InChI is InChI=1S/C15H21N5O2/c1-10-18-12-7-11(5-6-13(12)20(10)4)8-16-14(21)9-17-15(22)19(2)3/h5-7H,8-9H2,1-4H3,(H,16,21)(H,17,22). The van der Waals surface area contributed by atoms with Crippen molar-refractivity contribution in [3.63, 3.8) is 0 Å². The van der Waals surface area contributed by atoms with Crippen LogP contribution in [0.3, 0.4) is 0 Å². The van der Waals surface area contributed by atoms with Gasteiger partial charge in [-0.05, 0) is 24.6 Å². The van der Waals surface area contributed by atoms with Gasteiger partial charge in [-0.2, -0.15) is 0 Å². The van der Waals surface area contributed by atoms with E-state index in [1.807, 2.05) is 36.7 Å². The molecule has 1 heterocycles. The SMILES string of the molecule is Cc1nc2cc(CNC(=O)CNC(=O)N(C)C)ccc2n1C. The topological polar surface area (TPSA) is 79.3 Å². The average molecular weight is 303 g/mol. The number of hydrogen-bond acceptors (Lipinski definition) is 3. The fourth-order valence-corrected chi connectivity index (χ4v) is 2.05. The number of aryl methyl sites for hydroxylation is 2. The molecule has 7 nitrogen and oxygen atoms in total. The van der Waals surface area contributed by atoms with Gasteiger partial charge in [0, 0.05) is 27.7 Å². The number of rotatable bonds is 4. The van der Waals surface area contributed by atoms with E-state index in [4.69, 9.17) is 0 Å². The third-order valence-corrected chi connectivity index (χ3v) is 3.46. The van der Waals surface area contributed by atoms with Crippen LogP contribution in [0.1, 0.15) is 11.4 Å². The minimum atomic E-state index is -0.291. The molecule has 0 atom stereocenters. The number of urea groups is 1. The molecule has 0 saturated heterocycles. The highest BCUT2D eigenvalue weighted by Crippen LogP contribution is 2.16. The van der Waals surface area contributed by atoms with Gasteiger partial charge in [-0.25, -0.2) is 9.78 Å². The first-order chi connectivity index (χ1) is 10.4. The zero-order valence-corrected chi connectivity index (χ0v) is 13.3. The third-order valence-electron chi connectivity index (χ3n) is 3.46. The number of amides is 3. The molecular formula is C15H21N5O2. The maximum Gasteiger partial charge on any atom is 0.317 e. The maximum absolute atomic E-state index is 11.7. The second-order valence-corrected chi connectivity index (χ2v) is 5.37. The van der Waals surface area contributed by atoms with Crippen LogP contribution in [0.4, 0.5) is 4.79 Å². The van der Waals surface area contributed by atoms with Gasteiger partial charge in [0.15, 0.2) is 0 Å². The van der Waals surface area contributed by atoms with E-state index in [0.717, 1.165) is 22.4 Å². The van der Waals surface area contributed by atoms with Crippen molar-refractivity contribution >= 4 is 23.0 Å². The predicted octanol–water partition coefficient (Wildman–Crippen LogP) is 0.769. The van der Waals surface area contributed by atoms with Crippen LogP contribution in [0.25, 0.3) is 11.0 Å². The van der Waals surface area contributed by atoms with Crippen LogP contribution in [0.2, 0.25) is 0 Å². The molecule has 1 aromatic heterocycles. The molecule has 0 aliphatic rings. The summed E-state index contributed by atoms with van der Waals surface area (Å²) in [4.78, 5) is 28.9. The predicted molar refractivity (Wildman–Crippen MR) is 84.4 cm³/mol. The summed E-state index contributed by atoms with van der Waals surface area (Å²) < 4.78 is 2.02. The number of carbonyl (C=O) groups is 2. The van der Waals surface area contributed by atoms with Crippen LogP contribution in [-0.2, 0) is 18.4 Å². The minimum Gasteiger partial charge on any atom is -0.350 e. The summed E-state index contributed by atoms with van der Waals surface area (Å²) in [5, 5.41) is 5.29. The number of carbonyl (C=O) groups excluding carboxylic acids is 2. The van der Waals surface area contributed by atoms with E-state index in [2.05, 4.69) is 15.6 Å². The Morgan fingerprint density at radius 2 is 2.00 bits per heavy atom. The zero-order valence-electron chi connectivity index (χ0n) is 13.3. The quantitative estimate of drug-likeness (QED) is 0.875. The van der Waals surface area contributed by atoms with Crippen molar-refractivity contribution in [2.24, 2.45) is 7.05 Å². The lowest BCUT2D eigenvalue weighted by molar-refractivity contribution is -0.120. The molecule has 0 aliphatic heterocycles. The van der Waals surface area contributed by atoms with Gasteiger partial charge in [0.05, 0.1) is 17.6 Å². The molecular weight excluding hydrogens is 282 g/mol.